The van der Waals surface area contributed by atoms with Crippen LogP contribution in [0.15, 0.2) is 0 Å². The van der Waals surface area contributed by atoms with E-state index in [4.69, 9.17) is 0 Å². The summed E-state index contributed by atoms with van der Waals surface area (Å²) in [6.07, 6.45) is 3.83. The molecule has 0 fully saturated rings. The molecule has 0 heterocycles. The molecule has 0 spiro atoms. The smallest absolute Gasteiger partial charge is 0.119 e. The van der Waals surface area contributed by atoms with Gasteiger partial charge in [-0.2, -0.15) is 0 Å². The monoisotopic (exact) mass is 143 g/mol. The lowest BCUT2D eigenvalue weighted by Crippen LogP contribution is -2.24. The van der Waals surface area contributed by atoms with Crippen LogP contribution in [0.25, 0.3) is 0 Å². The Bertz CT molecular complexity index is 91.3. The van der Waals surface area contributed by atoms with E-state index in [1.807, 2.05) is 0 Å². The van der Waals surface area contributed by atoms with Gasteiger partial charge >= 0.3 is 0 Å². The van der Waals surface area contributed by atoms with Crippen molar-refractivity contribution in [1.29, 1.82) is 0 Å². The molecule has 0 amide bonds. The van der Waals surface area contributed by atoms with Gasteiger partial charge in [-0.3, -0.25) is 0 Å². The zero-order valence-corrected chi connectivity index (χ0v) is 7.13. The number of rotatable bonds is 5. The van der Waals surface area contributed by atoms with Crippen LogP contribution in [0, 0.1) is 0 Å². The first-order valence-corrected chi connectivity index (χ1v) is 3.78. The third kappa shape index (κ3) is 4.50. The minimum atomic E-state index is 0.597. The summed E-state index contributed by atoms with van der Waals surface area (Å²) in [5.41, 5.74) is 0. The molecule has 60 valence electrons. The quantitative estimate of drug-likeness (QED) is 0.427. The molecule has 0 aromatic rings. The summed E-state index contributed by atoms with van der Waals surface area (Å²) in [4.78, 5) is 12.1. The van der Waals surface area contributed by atoms with Crippen molar-refractivity contribution in [2.24, 2.45) is 0 Å². The number of hydrogen-bond acceptors (Lipinski definition) is 2. The fourth-order valence-corrected chi connectivity index (χ4v) is 0.755. The van der Waals surface area contributed by atoms with Crippen molar-refractivity contribution in [2.45, 2.75) is 32.2 Å². The maximum atomic E-state index is 9.94. The molecule has 10 heavy (non-hydrogen) atoms. The standard InChI is InChI=1S/C8H17NO/c1-8(9(2)3)6-4-5-7-10/h7-8H,4-6H2,1-3H3. The predicted octanol–water partition coefficient (Wildman–Crippen LogP) is 1.31. The van der Waals surface area contributed by atoms with Gasteiger partial charge in [-0.25, -0.2) is 0 Å². The molecule has 0 aliphatic carbocycles. The van der Waals surface area contributed by atoms with Crippen molar-refractivity contribution >= 4 is 6.29 Å². The van der Waals surface area contributed by atoms with Crippen molar-refractivity contribution in [1.82, 2.24) is 4.90 Å². The Morgan fingerprint density at radius 2 is 2.10 bits per heavy atom. The highest BCUT2D eigenvalue weighted by atomic mass is 16.1. The fraction of sp³-hybridized carbons (Fsp3) is 0.875. The van der Waals surface area contributed by atoms with Gasteiger partial charge in [0, 0.05) is 12.5 Å². The lowest BCUT2D eigenvalue weighted by atomic mass is 10.1. The molecular formula is C8H17NO. The number of aldehydes is 1. The maximum Gasteiger partial charge on any atom is 0.119 e. The van der Waals surface area contributed by atoms with Crippen molar-refractivity contribution < 1.29 is 4.79 Å². The van der Waals surface area contributed by atoms with E-state index < -0.39 is 0 Å². The highest BCUT2D eigenvalue weighted by Crippen LogP contribution is 2.02. The van der Waals surface area contributed by atoms with Crippen molar-refractivity contribution in [3.8, 4) is 0 Å². The van der Waals surface area contributed by atoms with Crippen LogP contribution in [-0.2, 0) is 4.79 Å². The van der Waals surface area contributed by atoms with E-state index in [9.17, 15) is 4.79 Å². The van der Waals surface area contributed by atoms with Crippen LogP contribution in [0.4, 0.5) is 0 Å². The van der Waals surface area contributed by atoms with Crippen LogP contribution in [0.1, 0.15) is 26.2 Å². The summed E-state index contributed by atoms with van der Waals surface area (Å²) in [6.45, 7) is 2.17. The van der Waals surface area contributed by atoms with Gasteiger partial charge in [0.05, 0.1) is 0 Å². The van der Waals surface area contributed by atoms with Gasteiger partial charge < -0.3 is 9.69 Å². The zero-order valence-electron chi connectivity index (χ0n) is 7.13. The second-order valence-electron chi connectivity index (χ2n) is 2.91. The first-order chi connectivity index (χ1) is 4.68. The summed E-state index contributed by atoms with van der Waals surface area (Å²) in [5.74, 6) is 0. The van der Waals surface area contributed by atoms with E-state index >= 15 is 0 Å². The minimum absolute atomic E-state index is 0.597. The van der Waals surface area contributed by atoms with Crippen LogP contribution in [0.5, 0.6) is 0 Å². The van der Waals surface area contributed by atoms with Crippen molar-refractivity contribution in [3.63, 3.8) is 0 Å². The SMILES string of the molecule is CC(CCCC=O)N(C)C. The summed E-state index contributed by atoms with van der Waals surface area (Å²) in [6, 6.07) is 0.597. The third-order valence-electron chi connectivity index (χ3n) is 1.83. The number of unbranched alkanes of at least 4 members (excludes halogenated alkanes) is 1. The van der Waals surface area contributed by atoms with Crippen LogP contribution in [0.2, 0.25) is 0 Å². The molecular weight excluding hydrogens is 126 g/mol. The van der Waals surface area contributed by atoms with Crippen molar-refractivity contribution in [2.75, 3.05) is 14.1 Å². The second-order valence-corrected chi connectivity index (χ2v) is 2.91. The van der Waals surface area contributed by atoms with Gasteiger partial charge in [0.2, 0.25) is 0 Å². The number of carbonyl (C=O) groups is 1. The van der Waals surface area contributed by atoms with E-state index in [1.54, 1.807) is 0 Å². The Kier molecular flexibility index (Phi) is 5.22. The third-order valence-corrected chi connectivity index (χ3v) is 1.83. The molecule has 0 rings (SSSR count). The molecule has 1 atom stereocenters. The van der Waals surface area contributed by atoms with E-state index in [-0.39, 0.29) is 0 Å². The number of nitrogens with zero attached hydrogens (tertiary/aromatic N) is 1. The maximum absolute atomic E-state index is 9.94. The first kappa shape index (κ1) is 9.63. The average molecular weight is 143 g/mol. The number of carbonyl (C=O) groups excluding carboxylic acids is 1. The van der Waals surface area contributed by atoms with Gasteiger partial charge in [-0.15, -0.1) is 0 Å². The highest BCUT2D eigenvalue weighted by Gasteiger charge is 2.02. The molecule has 0 bridgehead atoms. The molecule has 0 saturated carbocycles. The van der Waals surface area contributed by atoms with E-state index in [2.05, 4.69) is 25.9 Å². The molecule has 0 radical (unpaired) electrons. The zero-order chi connectivity index (χ0) is 7.98. The number of hydrogen-bond donors (Lipinski definition) is 0. The summed E-state index contributed by atoms with van der Waals surface area (Å²) >= 11 is 0. The van der Waals surface area contributed by atoms with Crippen molar-refractivity contribution in [3.05, 3.63) is 0 Å². The van der Waals surface area contributed by atoms with E-state index in [1.165, 1.54) is 0 Å². The van der Waals surface area contributed by atoms with Crippen LogP contribution < -0.4 is 0 Å². The van der Waals surface area contributed by atoms with Gasteiger partial charge in [-0.1, -0.05) is 0 Å². The normalized spacial score (nSPS) is 13.6. The van der Waals surface area contributed by atoms with Crippen LogP contribution >= 0.6 is 0 Å². The second kappa shape index (κ2) is 5.42. The molecule has 0 N–H and O–H groups in total. The average Bonchev–Trinajstić information content (AvgIpc) is 1.88. The Hall–Kier alpha value is -0.370. The summed E-state index contributed by atoms with van der Waals surface area (Å²) < 4.78 is 0. The van der Waals surface area contributed by atoms with Crippen LogP contribution in [0.3, 0.4) is 0 Å². The van der Waals surface area contributed by atoms with Gasteiger partial charge in [0.25, 0.3) is 0 Å². The topological polar surface area (TPSA) is 20.3 Å². The Labute approximate surface area is 63.2 Å². The summed E-state index contributed by atoms with van der Waals surface area (Å²) in [5, 5.41) is 0. The van der Waals surface area contributed by atoms with E-state index in [0.717, 1.165) is 19.1 Å². The predicted molar refractivity (Wildman–Crippen MR) is 43.1 cm³/mol. The molecule has 2 heteroatoms. The summed E-state index contributed by atoms with van der Waals surface area (Å²) in [7, 11) is 4.12. The molecule has 0 aromatic heterocycles. The lowest BCUT2D eigenvalue weighted by molar-refractivity contribution is -0.107. The molecule has 1 unspecified atom stereocenters. The highest BCUT2D eigenvalue weighted by molar-refractivity contribution is 5.48. The molecule has 0 aliphatic rings. The largest absolute Gasteiger partial charge is 0.307 e. The Balaban J connectivity index is 3.21. The van der Waals surface area contributed by atoms with Crippen LogP contribution in [-0.4, -0.2) is 31.3 Å². The molecule has 0 aromatic carbocycles. The molecule has 0 aliphatic heterocycles. The van der Waals surface area contributed by atoms with Gasteiger partial charge in [0.1, 0.15) is 6.29 Å². The first-order valence-electron chi connectivity index (χ1n) is 3.78. The molecule has 2 nitrogen and oxygen atoms in total. The minimum Gasteiger partial charge on any atom is -0.307 e. The van der Waals surface area contributed by atoms with E-state index in [0.29, 0.717) is 12.5 Å². The van der Waals surface area contributed by atoms with Gasteiger partial charge in [-0.05, 0) is 33.9 Å². The fourth-order valence-electron chi connectivity index (χ4n) is 0.755. The Morgan fingerprint density at radius 3 is 2.50 bits per heavy atom. The Morgan fingerprint density at radius 1 is 1.50 bits per heavy atom. The molecule has 0 saturated heterocycles. The van der Waals surface area contributed by atoms with Gasteiger partial charge in [0.15, 0.2) is 0 Å². The lowest BCUT2D eigenvalue weighted by Gasteiger charge is -2.18.